The average molecular weight is 304 g/mol. The number of rotatable bonds is 6. The van der Waals surface area contributed by atoms with Crippen LogP contribution in [0.15, 0.2) is 4.99 Å². The molecule has 9 heteroatoms. The van der Waals surface area contributed by atoms with Gasteiger partial charge in [0.15, 0.2) is 21.2 Å². The number of guanidine groups is 1. The van der Waals surface area contributed by atoms with E-state index in [2.05, 4.69) is 4.99 Å². The Hall–Kier alpha value is -1.64. The van der Waals surface area contributed by atoms with Gasteiger partial charge in [-0.25, -0.2) is 8.42 Å². The van der Waals surface area contributed by atoms with E-state index in [-0.39, 0.29) is 11.7 Å². The summed E-state index contributed by atoms with van der Waals surface area (Å²) in [7, 11) is -3.49. The standard InChI is InChI=1S/C11H20N4O4S/c1-3-20(18,19)10-8(5-4-6-14-11(12)13)9(17)15(10)7(2)16/h8,10H,3-6H2,1-2H3,(H4,12,13,14)/t8-,10+/m1/s1. The Labute approximate surface area is 118 Å². The van der Waals surface area contributed by atoms with Crippen molar-refractivity contribution in [2.45, 2.75) is 32.1 Å². The summed E-state index contributed by atoms with van der Waals surface area (Å²) in [5.41, 5.74) is 10.4. The van der Waals surface area contributed by atoms with Gasteiger partial charge in [0.1, 0.15) is 0 Å². The molecule has 0 aliphatic carbocycles. The predicted octanol–water partition coefficient (Wildman–Crippen LogP) is -1.19. The highest BCUT2D eigenvalue weighted by molar-refractivity contribution is 7.92. The summed E-state index contributed by atoms with van der Waals surface area (Å²) in [6.07, 6.45) is 0.819. The lowest BCUT2D eigenvalue weighted by Gasteiger charge is -2.44. The van der Waals surface area contributed by atoms with Crippen LogP contribution in [0.4, 0.5) is 0 Å². The van der Waals surface area contributed by atoms with Crippen LogP contribution in [0.25, 0.3) is 0 Å². The first-order chi connectivity index (χ1) is 9.22. The second-order valence-electron chi connectivity index (χ2n) is 4.62. The number of hydrogen-bond acceptors (Lipinski definition) is 5. The maximum atomic E-state index is 12.0. The number of hydrogen-bond donors (Lipinski definition) is 2. The molecule has 1 aliphatic rings. The van der Waals surface area contributed by atoms with Crippen LogP contribution in [0.2, 0.25) is 0 Å². The van der Waals surface area contributed by atoms with E-state index in [4.69, 9.17) is 11.5 Å². The van der Waals surface area contributed by atoms with Crippen molar-refractivity contribution in [1.82, 2.24) is 4.90 Å². The third kappa shape index (κ3) is 3.27. The molecular weight excluding hydrogens is 284 g/mol. The van der Waals surface area contributed by atoms with Crippen LogP contribution >= 0.6 is 0 Å². The highest BCUT2D eigenvalue weighted by Crippen LogP contribution is 2.34. The van der Waals surface area contributed by atoms with Gasteiger partial charge in [0.2, 0.25) is 11.8 Å². The van der Waals surface area contributed by atoms with E-state index in [1.165, 1.54) is 13.8 Å². The molecule has 2 amide bonds. The largest absolute Gasteiger partial charge is 0.370 e. The van der Waals surface area contributed by atoms with E-state index >= 15 is 0 Å². The van der Waals surface area contributed by atoms with Gasteiger partial charge in [-0.15, -0.1) is 0 Å². The molecule has 1 fully saturated rings. The van der Waals surface area contributed by atoms with Gasteiger partial charge in [-0.2, -0.15) is 0 Å². The number of nitrogens with zero attached hydrogens (tertiary/aromatic N) is 2. The molecule has 114 valence electrons. The van der Waals surface area contributed by atoms with E-state index in [0.717, 1.165) is 4.90 Å². The molecule has 1 rings (SSSR count). The van der Waals surface area contributed by atoms with E-state index in [0.29, 0.717) is 19.4 Å². The maximum absolute atomic E-state index is 12.0. The van der Waals surface area contributed by atoms with E-state index < -0.39 is 32.9 Å². The summed E-state index contributed by atoms with van der Waals surface area (Å²) >= 11 is 0. The number of aliphatic imine (C=N–C) groups is 1. The zero-order valence-electron chi connectivity index (χ0n) is 11.6. The molecule has 0 radical (unpaired) electrons. The molecule has 1 heterocycles. The van der Waals surface area contributed by atoms with Crippen molar-refractivity contribution in [2.24, 2.45) is 22.4 Å². The van der Waals surface area contributed by atoms with Crippen molar-refractivity contribution in [1.29, 1.82) is 0 Å². The number of likely N-dealkylation sites (tertiary alicyclic amines) is 1. The molecule has 20 heavy (non-hydrogen) atoms. The van der Waals surface area contributed by atoms with Crippen LogP contribution in [0.3, 0.4) is 0 Å². The van der Waals surface area contributed by atoms with Crippen molar-refractivity contribution in [3.8, 4) is 0 Å². The first-order valence-electron chi connectivity index (χ1n) is 6.33. The lowest BCUT2D eigenvalue weighted by molar-refractivity contribution is -0.160. The zero-order chi connectivity index (χ0) is 15.5. The summed E-state index contributed by atoms with van der Waals surface area (Å²) in [5, 5.41) is -1.04. The molecule has 8 nitrogen and oxygen atoms in total. The molecule has 4 N–H and O–H groups in total. The van der Waals surface area contributed by atoms with Gasteiger partial charge in [0, 0.05) is 19.2 Å². The Balaban J connectivity index is 2.77. The van der Waals surface area contributed by atoms with Crippen LogP contribution in [-0.4, -0.2) is 48.8 Å². The number of nitrogens with two attached hydrogens (primary N) is 2. The van der Waals surface area contributed by atoms with Crippen molar-refractivity contribution < 1.29 is 18.0 Å². The molecule has 1 aliphatic heterocycles. The Morgan fingerprint density at radius 2 is 2.00 bits per heavy atom. The second-order valence-corrected chi connectivity index (χ2v) is 7.01. The fourth-order valence-electron chi connectivity index (χ4n) is 2.23. The van der Waals surface area contributed by atoms with E-state index in [9.17, 15) is 18.0 Å². The minimum atomic E-state index is -3.49. The molecule has 0 saturated carbocycles. The molecule has 0 aromatic carbocycles. The Morgan fingerprint density at radius 3 is 2.45 bits per heavy atom. The van der Waals surface area contributed by atoms with Crippen molar-refractivity contribution in [3.05, 3.63) is 0 Å². The minimum absolute atomic E-state index is 0.0481. The summed E-state index contributed by atoms with van der Waals surface area (Å²) in [6.45, 7) is 3.00. The molecular formula is C11H20N4O4S. The smallest absolute Gasteiger partial charge is 0.236 e. The van der Waals surface area contributed by atoms with Gasteiger partial charge in [0.25, 0.3) is 0 Å². The molecule has 1 saturated heterocycles. The average Bonchev–Trinajstić information content (AvgIpc) is 2.34. The summed E-state index contributed by atoms with van der Waals surface area (Å²) in [6, 6.07) is 0. The molecule has 0 spiro atoms. The highest BCUT2D eigenvalue weighted by atomic mass is 32.2. The molecule has 0 unspecified atom stereocenters. The second kappa shape index (κ2) is 6.21. The lowest BCUT2D eigenvalue weighted by atomic mass is 9.93. The summed E-state index contributed by atoms with van der Waals surface area (Å²) < 4.78 is 24.0. The van der Waals surface area contributed by atoms with Crippen LogP contribution in [0.5, 0.6) is 0 Å². The summed E-state index contributed by atoms with van der Waals surface area (Å²) in [5.74, 6) is -1.83. The van der Waals surface area contributed by atoms with Gasteiger partial charge in [-0.05, 0) is 12.8 Å². The number of amides is 2. The van der Waals surface area contributed by atoms with Gasteiger partial charge < -0.3 is 11.5 Å². The molecule has 2 atom stereocenters. The summed E-state index contributed by atoms with van der Waals surface area (Å²) in [4.78, 5) is 27.8. The van der Waals surface area contributed by atoms with Gasteiger partial charge >= 0.3 is 0 Å². The number of imide groups is 1. The molecule has 0 bridgehead atoms. The van der Waals surface area contributed by atoms with Gasteiger partial charge in [0.05, 0.1) is 5.92 Å². The quantitative estimate of drug-likeness (QED) is 0.274. The monoisotopic (exact) mass is 304 g/mol. The van der Waals surface area contributed by atoms with Crippen molar-refractivity contribution >= 4 is 27.6 Å². The SMILES string of the molecule is CCS(=O)(=O)[C@H]1[C@H](CCCN=C(N)N)C(=O)N1C(C)=O. The fraction of sp³-hybridized carbons (Fsp3) is 0.727. The first kappa shape index (κ1) is 16.4. The Kier molecular flexibility index (Phi) is 5.09. The van der Waals surface area contributed by atoms with E-state index in [1.54, 1.807) is 0 Å². The molecule has 0 aromatic rings. The zero-order valence-corrected chi connectivity index (χ0v) is 12.4. The van der Waals surface area contributed by atoms with Crippen molar-refractivity contribution in [2.75, 3.05) is 12.3 Å². The lowest BCUT2D eigenvalue weighted by Crippen LogP contribution is -2.65. The third-order valence-electron chi connectivity index (χ3n) is 3.23. The molecule has 0 aromatic heterocycles. The normalized spacial score (nSPS) is 22.3. The number of sulfone groups is 1. The van der Waals surface area contributed by atoms with Gasteiger partial charge in [-0.1, -0.05) is 6.92 Å². The minimum Gasteiger partial charge on any atom is -0.370 e. The fourth-order valence-corrected chi connectivity index (χ4v) is 3.89. The van der Waals surface area contributed by atoms with Crippen LogP contribution in [0.1, 0.15) is 26.7 Å². The predicted molar refractivity (Wildman–Crippen MR) is 74.2 cm³/mol. The first-order valence-corrected chi connectivity index (χ1v) is 8.04. The number of carbonyl (C=O) groups excluding carboxylic acids is 2. The van der Waals surface area contributed by atoms with Crippen LogP contribution in [-0.2, 0) is 19.4 Å². The van der Waals surface area contributed by atoms with Gasteiger partial charge in [-0.3, -0.25) is 19.5 Å². The highest BCUT2D eigenvalue weighted by Gasteiger charge is 2.54. The number of β-lactam (4-membered cyclic amide) rings is 1. The topological polar surface area (TPSA) is 136 Å². The van der Waals surface area contributed by atoms with Crippen LogP contribution in [0, 0.1) is 5.92 Å². The Morgan fingerprint density at radius 1 is 1.40 bits per heavy atom. The van der Waals surface area contributed by atoms with Crippen LogP contribution < -0.4 is 11.5 Å². The van der Waals surface area contributed by atoms with Crippen molar-refractivity contribution in [3.63, 3.8) is 0 Å². The van der Waals surface area contributed by atoms with E-state index in [1.807, 2.05) is 0 Å². The maximum Gasteiger partial charge on any atom is 0.236 e. The Bertz CT molecular complexity index is 525. The third-order valence-corrected chi connectivity index (χ3v) is 5.31. The number of carbonyl (C=O) groups is 2.